The fourth-order valence-electron chi connectivity index (χ4n) is 1.63. The highest BCUT2D eigenvalue weighted by Gasteiger charge is 2.16. The second kappa shape index (κ2) is 2.59. The molecule has 0 atom stereocenters. The molecule has 0 amide bonds. The summed E-state index contributed by atoms with van der Waals surface area (Å²) in [5, 5.41) is 4.36. The van der Waals surface area contributed by atoms with Gasteiger partial charge >= 0.3 is 0 Å². The summed E-state index contributed by atoms with van der Waals surface area (Å²) in [5.41, 5.74) is 5.96. The molecule has 1 aromatic rings. The molecule has 0 saturated heterocycles. The van der Waals surface area contributed by atoms with E-state index in [0.29, 0.717) is 0 Å². The van der Waals surface area contributed by atoms with Crippen molar-refractivity contribution in [2.24, 2.45) is 4.99 Å². The van der Waals surface area contributed by atoms with Gasteiger partial charge < -0.3 is 0 Å². The van der Waals surface area contributed by atoms with Gasteiger partial charge in [-0.05, 0) is 50.5 Å². The molecule has 0 aliphatic carbocycles. The van der Waals surface area contributed by atoms with Crippen molar-refractivity contribution in [2.45, 2.75) is 27.7 Å². The molecule has 1 aliphatic rings. The molecule has 1 heterocycles. The lowest BCUT2D eigenvalue weighted by Crippen LogP contribution is -1.99. The van der Waals surface area contributed by atoms with E-state index >= 15 is 0 Å². The van der Waals surface area contributed by atoms with E-state index in [0.717, 1.165) is 17.2 Å². The first-order chi connectivity index (χ1) is 6.09. The van der Waals surface area contributed by atoms with Crippen LogP contribution in [0.5, 0.6) is 0 Å². The van der Waals surface area contributed by atoms with Gasteiger partial charge in [0.25, 0.3) is 0 Å². The van der Waals surface area contributed by atoms with Crippen LogP contribution in [0.15, 0.2) is 11.1 Å². The number of hydrogen-bond acceptors (Lipinski definition) is 1. The predicted molar refractivity (Wildman–Crippen MR) is 55.2 cm³/mol. The topological polar surface area (TPSA) is 26.5 Å². The van der Waals surface area contributed by atoms with E-state index in [-0.39, 0.29) is 0 Å². The number of amidine groups is 1. The van der Waals surface area contributed by atoms with Crippen molar-refractivity contribution >= 4 is 17.2 Å². The van der Waals surface area contributed by atoms with Gasteiger partial charge in [0.15, 0.2) is 0 Å². The van der Waals surface area contributed by atoms with Gasteiger partial charge in [-0.1, -0.05) is 0 Å². The zero-order valence-corrected chi connectivity index (χ0v) is 8.47. The number of hydrogen-bond donors (Lipinski definition) is 0. The molecule has 0 bridgehead atoms. The van der Waals surface area contributed by atoms with Crippen molar-refractivity contribution in [2.75, 3.05) is 0 Å². The lowest BCUT2D eigenvalue weighted by Gasteiger charge is -2.07. The number of rotatable bonds is 0. The van der Waals surface area contributed by atoms with Gasteiger partial charge in [0, 0.05) is 0 Å². The molecular weight excluding hydrogens is 160 g/mol. The highest BCUT2D eigenvalue weighted by Crippen LogP contribution is 2.36. The number of nitrogens with zero attached hydrogens (tertiary/aromatic N) is 2. The third-order valence-corrected chi connectivity index (χ3v) is 2.66. The summed E-state index contributed by atoms with van der Waals surface area (Å²) in [6, 6.07) is 2.11. The number of aryl methyl sites for hydroxylation is 1. The molecule has 0 saturated carbocycles. The molecule has 0 unspecified atom stereocenters. The molecule has 0 aromatic heterocycles. The van der Waals surface area contributed by atoms with Crippen LogP contribution in [0.3, 0.4) is 0 Å². The fraction of sp³-hybridized carbons (Fsp3) is 0.364. The van der Waals surface area contributed by atoms with Gasteiger partial charge in [0.2, 0.25) is 0 Å². The Hall–Kier alpha value is -1.31. The minimum Gasteiger partial charge on any atom is -0.232 e. The van der Waals surface area contributed by atoms with E-state index in [1.165, 1.54) is 16.7 Å². The van der Waals surface area contributed by atoms with Crippen LogP contribution in [0, 0.1) is 20.8 Å². The Morgan fingerprint density at radius 3 is 2.38 bits per heavy atom. The Bertz CT molecular complexity index is 403. The lowest BCUT2D eigenvalue weighted by atomic mass is 10.0. The van der Waals surface area contributed by atoms with Crippen molar-refractivity contribution in [3.8, 4) is 0 Å². The standard InChI is InChI=1S/C11H13N2/c1-6-5-10-11(8(3)7(6)2)13-9(4)12-10/h5H,1-4H3. The zero-order chi connectivity index (χ0) is 9.59. The van der Waals surface area contributed by atoms with Crippen molar-refractivity contribution in [3.05, 3.63) is 22.8 Å². The minimum absolute atomic E-state index is 0.864. The summed E-state index contributed by atoms with van der Waals surface area (Å²) in [6.45, 7) is 8.29. The second-order valence-corrected chi connectivity index (χ2v) is 3.58. The average molecular weight is 173 g/mol. The first-order valence-electron chi connectivity index (χ1n) is 4.47. The first-order valence-corrected chi connectivity index (χ1v) is 4.47. The molecule has 0 fully saturated rings. The number of fused-ring (bicyclic) bond motifs is 1. The number of aliphatic imine (C=N–C) groups is 1. The average Bonchev–Trinajstić information content (AvgIpc) is 2.42. The van der Waals surface area contributed by atoms with Gasteiger partial charge in [0.05, 0.1) is 11.4 Å². The Labute approximate surface area is 78.7 Å². The molecule has 0 spiro atoms. The molecule has 2 heteroatoms. The highest BCUT2D eigenvalue weighted by atomic mass is 15.1. The highest BCUT2D eigenvalue weighted by molar-refractivity contribution is 5.95. The third-order valence-electron chi connectivity index (χ3n) is 2.66. The van der Waals surface area contributed by atoms with Crippen LogP contribution in [0.4, 0.5) is 11.4 Å². The first kappa shape index (κ1) is 8.30. The van der Waals surface area contributed by atoms with Crippen LogP contribution in [0.2, 0.25) is 0 Å². The second-order valence-electron chi connectivity index (χ2n) is 3.58. The van der Waals surface area contributed by atoms with E-state index < -0.39 is 0 Å². The predicted octanol–water partition coefficient (Wildman–Crippen LogP) is 2.91. The molecular formula is C11H13N2. The molecule has 2 nitrogen and oxygen atoms in total. The Kier molecular flexibility index (Phi) is 1.65. The largest absolute Gasteiger partial charge is 0.232 e. The zero-order valence-electron chi connectivity index (χ0n) is 8.47. The van der Waals surface area contributed by atoms with Gasteiger partial charge in [-0.15, -0.1) is 0 Å². The van der Waals surface area contributed by atoms with Gasteiger partial charge in [-0.3, -0.25) is 0 Å². The van der Waals surface area contributed by atoms with Crippen LogP contribution >= 0.6 is 0 Å². The Balaban J connectivity index is 2.69. The van der Waals surface area contributed by atoms with E-state index in [4.69, 9.17) is 0 Å². The molecule has 13 heavy (non-hydrogen) atoms. The van der Waals surface area contributed by atoms with E-state index in [1.807, 2.05) is 6.92 Å². The van der Waals surface area contributed by atoms with Crippen molar-refractivity contribution < 1.29 is 0 Å². The molecule has 2 rings (SSSR count). The van der Waals surface area contributed by atoms with Crippen LogP contribution in [-0.2, 0) is 0 Å². The maximum atomic E-state index is 4.40. The molecule has 1 aliphatic heterocycles. The normalized spacial score (nSPS) is 13.7. The molecule has 67 valence electrons. The Morgan fingerprint density at radius 2 is 1.69 bits per heavy atom. The van der Waals surface area contributed by atoms with Gasteiger partial charge in [-0.25, -0.2) is 10.3 Å². The monoisotopic (exact) mass is 173 g/mol. The summed E-state index contributed by atoms with van der Waals surface area (Å²) in [7, 11) is 0. The lowest BCUT2D eigenvalue weighted by molar-refractivity contribution is 1.23. The van der Waals surface area contributed by atoms with Crippen LogP contribution < -0.4 is 5.32 Å². The summed E-state index contributed by atoms with van der Waals surface area (Å²) in [6.07, 6.45) is 0. The smallest absolute Gasteiger partial charge is 0.126 e. The van der Waals surface area contributed by atoms with Crippen LogP contribution in [0.25, 0.3) is 0 Å². The van der Waals surface area contributed by atoms with Crippen LogP contribution in [0.1, 0.15) is 23.6 Å². The van der Waals surface area contributed by atoms with Crippen molar-refractivity contribution in [1.82, 2.24) is 5.32 Å². The molecule has 1 radical (unpaired) electrons. The van der Waals surface area contributed by atoms with E-state index in [2.05, 4.69) is 37.1 Å². The summed E-state index contributed by atoms with van der Waals surface area (Å²) < 4.78 is 0. The molecule has 0 N–H and O–H groups in total. The molecule has 1 aromatic carbocycles. The van der Waals surface area contributed by atoms with Crippen molar-refractivity contribution in [1.29, 1.82) is 0 Å². The minimum atomic E-state index is 0.864. The van der Waals surface area contributed by atoms with Gasteiger partial charge in [0.1, 0.15) is 5.84 Å². The number of benzene rings is 1. The fourth-order valence-corrected chi connectivity index (χ4v) is 1.63. The van der Waals surface area contributed by atoms with E-state index in [1.54, 1.807) is 0 Å². The summed E-state index contributed by atoms with van der Waals surface area (Å²) >= 11 is 0. The van der Waals surface area contributed by atoms with Gasteiger partial charge in [-0.2, -0.15) is 0 Å². The Morgan fingerprint density at radius 1 is 1.00 bits per heavy atom. The maximum Gasteiger partial charge on any atom is 0.126 e. The maximum absolute atomic E-state index is 4.40. The van der Waals surface area contributed by atoms with Crippen molar-refractivity contribution in [3.63, 3.8) is 0 Å². The van der Waals surface area contributed by atoms with E-state index in [9.17, 15) is 0 Å². The van der Waals surface area contributed by atoms with Crippen LogP contribution in [-0.4, -0.2) is 5.84 Å². The summed E-state index contributed by atoms with van der Waals surface area (Å²) in [4.78, 5) is 4.40. The SMILES string of the molecule is CC1=Nc2c(cc(C)c(C)c2C)[N]1. The summed E-state index contributed by atoms with van der Waals surface area (Å²) in [5.74, 6) is 0.864. The third kappa shape index (κ3) is 1.13. The quantitative estimate of drug-likeness (QED) is 0.576.